The molecule has 0 unspecified atom stereocenters. The molecule has 0 atom stereocenters. The van der Waals surface area contributed by atoms with E-state index in [1.54, 1.807) is 6.92 Å². The highest BCUT2D eigenvalue weighted by atomic mass is 79.9. The first-order valence-corrected chi connectivity index (χ1v) is 6.18. The fourth-order valence-electron chi connectivity index (χ4n) is 1.45. The van der Waals surface area contributed by atoms with E-state index >= 15 is 0 Å². The van der Waals surface area contributed by atoms with Crippen molar-refractivity contribution in [1.29, 1.82) is 5.26 Å². The van der Waals surface area contributed by atoms with Crippen molar-refractivity contribution < 1.29 is 9.53 Å². The van der Waals surface area contributed by atoms with Crippen molar-refractivity contribution in [2.75, 3.05) is 6.61 Å². The average molecular weight is 309 g/mol. The van der Waals surface area contributed by atoms with E-state index in [9.17, 15) is 4.79 Å². The summed E-state index contributed by atoms with van der Waals surface area (Å²) in [5.41, 5.74) is 1.10. The predicted molar refractivity (Wildman–Crippen MR) is 72.9 cm³/mol. The number of benzene rings is 1. The zero-order valence-corrected chi connectivity index (χ0v) is 11.6. The second-order valence-electron chi connectivity index (χ2n) is 3.36. The molecule has 0 saturated heterocycles. The van der Waals surface area contributed by atoms with Gasteiger partial charge in [-0.05, 0) is 31.2 Å². The van der Waals surface area contributed by atoms with E-state index in [0.29, 0.717) is 19.6 Å². The number of fused-ring (bicyclic) bond motifs is 1. The van der Waals surface area contributed by atoms with E-state index in [-0.39, 0.29) is 0 Å². The monoisotopic (exact) mass is 308 g/mol. The first kappa shape index (κ1) is 14.3. The van der Waals surface area contributed by atoms with Crippen LogP contribution in [-0.2, 0) is 16.1 Å². The second kappa shape index (κ2) is 7.51. The molecule has 0 N–H and O–H groups in total. The van der Waals surface area contributed by atoms with Gasteiger partial charge in [0.15, 0.2) is 0 Å². The third-order valence-electron chi connectivity index (χ3n) is 2.21. The summed E-state index contributed by atoms with van der Waals surface area (Å²) in [6.45, 7) is 3.07. The lowest BCUT2D eigenvalue weighted by molar-refractivity contribution is -0.128. The van der Waals surface area contributed by atoms with E-state index in [4.69, 9.17) is 5.26 Å². The van der Waals surface area contributed by atoms with E-state index in [2.05, 4.69) is 26.7 Å². The molecule has 0 fully saturated rings. The van der Waals surface area contributed by atoms with E-state index < -0.39 is 0 Å². The maximum Gasteiger partial charge on any atom is 0.293 e. The van der Waals surface area contributed by atoms with E-state index in [0.717, 1.165) is 15.4 Å². The van der Waals surface area contributed by atoms with Gasteiger partial charge >= 0.3 is 0 Å². The molecule has 0 aliphatic carbocycles. The third-order valence-corrected chi connectivity index (χ3v) is 2.70. The average Bonchev–Trinajstić information content (AvgIpc) is 2.74. The molecule has 0 aliphatic heterocycles. The van der Waals surface area contributed by atoms with Crippen molar-refractivity contribution in [1.82, 2.24) is 4.57 Å². The molecule has 4 nitrogen and oxygen atoms in total. The summed E-state index contributed by atoms with van der Waals surface area (Å²) < 4.78 is 7.15. The molecule has 0 bridgehead atoms. The number of carbonyl (C=O) groups excluding carboxylic acids is 1. The molecule has 0 spiro atoms. The van der Waals surface area contributed by atoms with E-state index in [1.165, 1.54) is 0 Å². The number of hydrogen-bond donors (Lipinski definition) is 0. The molecule has 2 rings (SSSR count). The van der Waals surface area contributed by atoms with Crippen molar-refractivity contribution in [2.24, 2.45) is 0 Å². The van der Waals surface area contributed by atoms with Crippen LogP contribution in [0.4, 0.5) is 0 Å². The van der Waals surface area contributed by atoms with Crippen LogP contribution >= 0.6 is 15.9 Å². The molecule has 94 valence electrons. The fourth-order valence-corrected chi connectivity index (χ4v) is 1.83. The van der Waals surface area contributed by atoms with Gasteiger partial charge in [-0.1, -0.05) is 15.9 Å². The minimum absolute atomic E-state index is 0.408. The number of nitriles is 1. The zero-order valence-electron chi connectivity index (χ0n) is 9.97. The van der Waals surface area contributed by atoms with Crippen molar-refractivity contribution in [2.45, 2.75) is 13.5 Å². The molecule has 0 amide bonds. The van der Waals surface area contributed by atoms with Gasteiger partial charge in [0.2, 0.25) is 0 Å². The minimum Gasteiger partial charge on any atom is -0.468 e. The Balaban J connectivity index is 0.000000280. The Hall–Kier alpha value is -1.80. The van der Waals surface area contributed by atoms with Crippen LogP contribution in [0.5, 0.6) is 0 Å². The lowest BCUT2D eigenvalue weighted by Crippen LogP contribution is -1.91. The number of aromatic nitrogens is 1. The van der Waals surface area contributed by atoms with Crippen molar-refractivity contribution in [3.8, 4) is 6.07 Å². The predicted octanol–water partition coefficient (Wildman–Crippen LogP) is 3.11. The molecule has 1 heterocycles. The van der Waals surface area contributed by atoms with Crippen LogP contribution in [0.15, 0.2) is 34.9 Å². The number of hydrogen-bond acceptors (Lipinski definition) is 3. The normalized spacial score (nSPS) is 9.17. The molecule has 2 aromatic rings. The molecule has 0 saturated carbocycles. The number of nitrogens with zero attached hydrogens (tertiary/aromatic N) is 2. The quantitative estimate of drug-likeness (QED) is 0.819. The van der Waals surface area contributed by atoms with Crippen LogP contribution in [0.1, 0.15) is 6.92 Å². The van der Waals surface area contributed by atoms with E-state index in [1.807, 2.05) is 35.0 Å². The van der Waals surface area contributed by atoms with Gasteiger partial charge in [-0.3, -0.25) is 4.79 Å². The van der Waals surface area contributed by atoms with Gasteiger partial charge in [0.05, 0.1) is 12.7 Å². The van der Waals surface area contributed by atoms with Gasteiger partial charge in [-0.2, -0.15) is 5.26 Å². The largest absolute Gasteiger partial charge is 0.468 e. The Labute approximate surface area is 114 Å². The summed E-state index contributed by atoms with van der Waals surface area (Å²) in [5, 5.41) is 9.73. The summed E-state index contributed by atoms with van der Waals surface area (Å²) in [6.07, 6.45) is 1.93. The molecule has 1 aromatic heterocycles. The number of carbonyl (C=O) groups is 1. The van der Waals surface area contributed by atoms with Crippen LogP contribution in [0, 0.1) is 11.3 Å². The minimum atomic E-state index is 0.408. The molecule has 5 heteroatoms. The first-order valence-electron chi connectivity index (χ1n) is 5.39. The number of ether oxygens (including phenoxy) is 1. The van der Waals surface area contributed by atoms with Gasteiger partial charge in [-0.25, -0.2) is 0 Å². The summed E-state index contributed by atoms with van der Waals surface area (Å²) in [7, 11) is 0. The standard InChI is InChI=1S/C10H7BrN2.C3H6O2/c11-9-1-2-10-8(7-9)3-5-13(10)6-4-12;1-2-5-3-4/h1-3,5,7H,6H2;3H,2H2,1H3. The molecule has 0 aliphatic rings. The molecular weight excluding hydrogens is 296 g/mol. The SMILES string of the molecule is CCOC=O.N#CCn1ccc2cc(Br)ccc21. The number of halogens is 1. The summed E-state index contributed by atoms with van der Waals surface area (Å²) in [4.78, 5) is 9.18. The summed E-state index contributed by atoms with van der Waals surface area (Å²) in [6, 6.07) is 10.2. The lowest BCUT2D eigenvalue weighted by Gasteiger charge is -1.98. The second-order valence-corrected chi connectivity index (χ2v) is 4.27. The Kier molecular flexibility index (Phi) is 5.95. The molecular formula is C13H13BrN2O2. The van der Waals surface area contributed by atoms with Crippen LogP contribution in [0.25, 0.3) is 10.9 Å². The highest BCUT2D eigenvalue weighted by Crippen LogP contribution is 2.20. The lowest BCUT2D eigenvalue weighted by atomic mass is 10.2. The highest BCUT2D eigenvalue weighted by Gasteiger charge is 1.99. The van der Waals surface area contributed by atoms with Gasteiger partial charge in [-0.15, -0.1) is 0 Å². The van der Waals surface area contributed by atoms with Crippen molar-refractivity contribution in [3.63, 3.8) is 0 Å². The van der Waals surface area contributed by atoms with Crippen LogP contribution in [-0.4, -0.2) is 17.6 Å². The topological polar surface area (TPSA) is 55.0 Å². The summed E-state index contributed by atoms with van der Waals surface area (Å²) in [5.74, 6) is 0. The molecule has 0 radical (unpaired) electrons. The van der Waals surface area contributed by atoms with Crippen LogP contribution < -0.4 is 0 Å². The Morgan fingerprint density at radius 2 is 2.28 bits per heavy atom. The van der Waals surface area contributed by atoms with Crippen LogP contribution in [0.2, 0.25) is 0 Å². The smallest absolute Gasteiger partial charge is 0.293 e. The van der Waals surface area contributed by atoms with Crippen LogP contribution in [0.3, 0.4) is 0 Å². The third kappa shape index (κ3) is 3.90. The zero-order chi connectivity index (χ0) is 13.4. The maximum absolute atomic E-state index is 9.18. The molecule has 1 aromatic carbocycles. The first-order chi connectivity index (χ1) is 8.72. The van der Waals surface area contributed by atoms with Gasteiger partial charge in [0, 0.05) is 21.6 Å². The summed E-state index contributed by atoms with van der Waals surface area (Å²) >= 11 is 3.41. The van der Waals surface area contributed by atoms with Crippen molar-refractivity contribution >= 4 is 33.3 Å². The number of rotatable bonds is 3. The molecule has 18 heavy (non-hydrogen) atoms. The van der Waals surface area contributed by atoms with Crippen molar-refractivity contribution in [3.05, 3.63) is 34.9 Å². The van der Waals surface area contributed by atoms with Gasteiger partial charge < -0.3 is 9.30 Å². The fraction of sp³-hybridized carbons (Fsp3) is 0.231. The Bertz CT molecular complexity index is 558. The maximum atomic E-state index is 9.18. The highest BCUT2D eigenvalue weighted by molar-refractivity contribution is 9.10. The Morgan fingerprint density at radius 1 is 1.50 bits per heavy atom. The van der Waals surface area contributed by atoms with Gasteiger partial charge in [0.1, 0.15) is 6.54 Å². The Morgan fingerprint density at radius 3 is 2.83 bits per heavy atom. The van der Waals surface area contributed by atoms with Gasteiger partial charge in [0.25, 0.3) is 6.47 Å².